The molecule has 0 aliphatic rings. The molecular weight excluding hydrogens is 196 g/mol. The molecule has 0 radical (unpaired) electrons. The molecule has 1 heteroatoms. The Morgan fingerprint density at radius 3 is 2.50 bits per heavy atom. The summed E-state index contributed by atoms with van der Waals surface area (Å²) in [5, 5.41) is 0. The van der Waals surface area contributed by atoms with Gasteiger partial charge in [-0.2, -0.15) is 0 Å². The Labute approximate surface area is 98.5 Å². The molecule has 0 bridgehead atoms. The van der Waals surface area contributed by atoms with Gasteiger partial charge in [0, 0.05) is 0 Å². The highest BCUT2D eigenvalue weighted by atomic mass is 16.5. The summed E-state index contributed by atoms with van der Waals surface area (Å²) in [6.07, 6.45) is 4.04. The number of hydrogen-bond acceptors (Lipinski definition) is 1. The minimum atomic E-state index is 0.578. The standard InChI is InChI=1S/C15H20O/c1-5-7-12(3)14-8-10-15(11-9-14)16-13(4)6-2/h6,8-12H,2,4-5,7H2,1,3H3. The van der Waals surface area contributed by atoms with Crippen LogP contribution in [0.1, 0.15) is 38.2 Å². The highest BCUT2D eigenvalue weighted by Crippen LogP contribution is 2.23. The Kier molecular flexibility index (Phi) is 4.84. The number of hydrogen-bond donors (Lipinski definition) is 0. The van der Waals surface area contributed by atoms with Gasteiger partial charge < -0.3 is 4.74 Å². The van der Waals surface area contributed by atoms with Crippen molar-refractivity contribution in [1.82, 2.24) is 0 Å². The lowest BCUT2D eigenvalue weighted by molar-refractivity contribution is 0.447. The molecule has 0 aliphatic heterocycles. The number of ether oxygens (including phenoxy) is 1. The van der Waals surface area contributed by atoms with E-state index in [4.69, 9.17) is 4.74 Å². The van der Waals surface area contributed by atoms with Gasteiger partial charge in [0.25, 0.3) is 0 Å². The molecule has 86 valence electrons. The van der Waals surface area contributed by atoms with E-state index in [0.717, 1.165) is 5.75 Å². The van der Waals surface area contributed by atoms with Crippen LogP contribution in [-0.4, -0.2) is 0 Å². The smallest absolute Gasteiger partial charge is 0.127 e. The van der Waals surface area contributed by atoms with Crippen LogP contribution in [0.15, 0.2) is 49.3 Å². The molecule has 1 rings (SSSR count). The van der Waals surface area contributed by atoms with Gasteiger partial charge in [-0.25, -0.2) is 0 Å². The lowest BCUT2D eigenvalue weighted by atomic mass is 9.97. The largest absolute Gasteiger partial charge is 0.458 e. The van der Waals surface area contributed by atoms with Crippen LogP contribution in [0.2, 0.25) is 0 Å². The minimum absolute atomic E-state index is 0.578. The maximum atomic E-state index is 5.45. The monoisotopic (exact) mass is 216 g/mol. The molecule has 1 unspecified atom stereocenters. The molecule has 0 fully saturated rings. The second kappa shape index (κ2) is 6.16. The van der Waals surface area contributed by atoms with Gasteiger partial charge in [0.15, 0.2) is 0 Å². The molecule has 1 aromatic carbocycles. The van der Waals surface area contributed by atoms with Gasteiger partial charge in [-0.1, -0.05) is 45.6 Å². The molecule has 0 aliphatic carbocycles. The van der Waals surface area contributed by atoms with Gasteiger partial charge in [-0.05, 0) is 36.1 Å². The SMILES string of the molecule is C=CC(=C)Oc1ccc(C(C)CCC)cc1. The molecule has 0 heterocycles. The van der Waals surface area contributed by atoms with Crippen molar-refractivity contribution in [3.63, 3.8) is 0 Å². The van der Waals surface area contributed by atoms with Crippen LogP contribution >= 0.6 is 0 Å². The van der Waals surface area contributed by atoms with Gasteiger partial charge in [0.1, 0.15) is 11.5 Å². The van der Waals surface area contributed by atoms with E-state index >= 15 is 0 Å². The van der Waals surface area contributed by atoms with E-state index in [2.05, 4.69) is 39.1 Å². The normalized spacial score (nSPS) is 11.9. The summed E-state index contributed by atoms with van der Waals surface area (Å²) in [5.74, 6) is 2.01. The molecule has 0 saturated carbocycles. The first-order chi connectivity index (χ1) is 7.67. The fourth-order valence-electron chi connectivity index (χ4n) is 1.66. The highest BCUT2D eigenvalue weighted by molar-refractivity contribution is 5.31. The van der Waals surface area contributed by atoms with Crippen LogP contribution in [-0.2, 0) is 0 Å². The summed E-state index contributed by atoms with van der Waals surface area (Å²) < 4.78 is 5.45. The third-order valence-corrected chi connectivity index (χ3v) is 2.65. The van der Waals surface area contributed by atoms with Crippen LogP contribution < -0.4 is 4.74 Å². The first-order valence-electron chi connectivity index (χ1n) is 5.76. The maximum Gasteiger partial charge on any atom is 0.127 e. The molecule has 0 aromatic heterocycles. The average Bonchev–Trinajstić information content (AvgIpc) is 2.30. The van der Waals surface area contributed by atoms with Gasteiger partial charge in [0.2, 0.25) is 0 Å². The van der Waals surface area contributed by atoms with Gasteiger partial charge in [0.05, 0.1) is 0 Å². The Morgan fingerprint density at radius 1 is 1.38 bits per heavy atom. The zero-order valence-electron chi connectivity index (χ0n) is 10.2. The zero-order valence-corrected chi connectivity index (χ0v) is 10.2. The fourth-order valence-corrected chi connectivity index (χ4v) is 1.66. The van der Waals surface area contributed by atoms with E-state index in [-0.39, 0.29) is 0 Å². The average molecular weight is 216 g/mol. The molecule has 0 saturated heterocycles. The first-order valence-corrected chi connectivity index (χ1v) is 5.76. The molecule has 1 aromatic rings. The maximum absolute atomic E-state index is 5.45. The second-order valence-electron chi connectivity index (χ2n) is 4.03. The summed E-state index contributed by atoms with van der Waals surface area (Å²) in [6, 6.07) is 8.20. The Bertz CT molecular complexity index is 348. The van der Waals surface area contributed by atoms with Crippen LogP contribution in [0.3, 0.4) is 0 Å². The van der Waals surface area contributed by atoms with Crippen molar-refractivity contribution >= 4 is 0 Å². The molecular formula is C15H20O. The van der Waals surface area contributed by atoms with Crippen LogP contribution in [0.5, 0.6) is 5.75 Å². The summed E-state index contributed by atoms with van der Waals surface area (Å²) >= 11 is 0. The lowest BCUT2D eigenvalue weighted by Crippen LogP contribution is -1.94. The van der Waals surface area contributed by atoms with E-state index < -0.39 is 0 Å². The summed E-state index contributed by atoms with van der Waals surface area (Å²) in [7, 11) is 0. The summed E-state index contributed by atoms with van der Waals surface area (Å²) in [4.78, 5) is 0. The highest BCUT2D eigenvalue weighted by Gasteiger charge is 2.04. The third kappa shape index (κ3) is 3.58. The molecule has 0 N–H and O–H groups in total. The van der Waals surface area contributed by atoms with Crippen molar-refractivity contribution in [3.8, 4) is 5.75 Å². The van der Waals surface area contributed by atoms with E-state index in [1.807, 2.05) is 12.1 Å². The van der Waals surface area contributed by atoms with E-state index in [0.29, 0.717) is 11.7 Å². The lowest BCUT2D eigenvalue weighted by Gasteiger charge is -2.11. The quantitative estimate of drug-likeness (QED) is 0.496. The first kappa shape index (κ1) is 12.6. The summed E-state index contributed by atoms with van der Waals surface area (Å²) in [6.45, 7) is 11.8. The number of rotatable bonds is 6. The van der Waals surface area contributed by atoms with Gasteiger partial charge in [-0.3, -0.25) is 0 Å². The molecule has 16 heavy (non-hydrogen) atoms. The van der Waals surface area contributed by atoms with Crippen molar-refractivity contribution in [2.75, 3.05) is 0 Å². The third-order valence-electron chi connectivity index (χ3n) is 2.65. The van der Waals surface area contributed by atoms with Crippen molar-refractivity contribution in [2.45, 2.75) is 32.6 Å². The molecule has 1 nitrogen and oxygen atoms in total. The topological polar surface area (TPSA) is 9.23 Å². The number of allylic oxidation sites excluding steroid dienone is 1. The molecule has 0 spiro atoms. The summed E-state index contributed by atoms with van der Waals surface area (Å²) in [5.41, 5.74) is 1.36. The van der Waals surface area contributed by atoms with Crippen LogP contribution in [0.25, 0.3) is 0 Å². The van der Waals surface area contributed by atoms with Gasteiger partial charge >= 0.3 is 0 Å². The Hall–Kier alpha value is -1.50. The van der Waals surface area contributed by atoms with Crippen molar-refractivity contribution in [3.05, 3.63) is 54.8 Å². The van der Waals surface area contributed by atoms with Crippen molar-refractivity contribution < 1.29 is 4.74 Å². The predicted octanol–water partition coefficient (Wildman–Crippen LogP) is 4.67. The van der Waals surface area contributed by atoms with E-state index in [9.17, 15) is 0 Å². The Morgan fingerprint density at radius 2 is 2.00 bits per heavy atom. The predicted molar refractivity (Wildman–Crippen MR) is 69.7 cm³/mol. The number of benzene rings is 1. The minimum Gasteiger partial charge on any atom is -0.458 e. The Balaban J connectivity index is 2.67. The molecule has 0 amide bonds. The van der Waals surface area contributed by atoms with E-state index in [1.165, 1.54) is 18.4 Å². The second-order valence-corrected chi connectivity index (χ2v) is 4.03. The molecule has 1 atom stereocenters. The van der Waals surface area contributed by atoms with Crippen LogP contribution in [0, 0.1) is 0 Å². The van der Waals surface area contributed by atoms with Crippen LogP contribution in [0.4, 0.5) is 0 Å². The van der Waals surface area contributed by atoms with Gasteiger partial charge in [-0.15, -0.1) is 0 Å². The van der Waals surface area contributed by atoms with Crippen molar-refractivity contribution in [2.24, 2.45) is 0 Å². The fraction of sp³-hybridized carbons (Fsp3) is 0.333. The zero-order chi connectivity index (χ0) is 12.0. The van der Waals surface area contributed by atoms with E-state index in [1.54, 1.807) is 6.08 Å². The van der Waals surface area contributed by atoms with Crippen molar-refractivity contribution in [1.29, 1.82) is 0 Å².